The summed E-state index contributed by atoms with van der Waals surface area (Å²) >= 11 is 0. The van der Waals surface area contributed by atoms with Crippen molar-refractivity contribution in [3.63, 3.8) is 0 Å². The maximum Gasteiger partial charge on any atom is 0.340 e. The van der Waals surface area contributed by atoms with Crippen molar-refractivity contribution in [3.05, 3.63) is 29.3 Å². The van der Waals surface area contributed by atoms with Crippen LogP contribution >= 0.6 is 0 Å². The Balaban J connectivity index is 2.76. The fourth-order valence-electron chi connectivity index (χ4n) is 1.10. The first-order valence-electron chi connectivity index (χ1n) is 4.80. The fraction of sp³-hybridized carbons (Fsp3) is 0.300. The van der Waals surface area contributed by atoms with Crippen LogP contribution in [0.1, 0.15) is 10.4 Å². The molecule has 1 rings (SSSR count). The molecule has 18 heavy (non-hydrogen) atoms. The maximum atomic E-state index is 12.9. The normalized spacial score (nSPS) is 11.3. The number of carbonyl (C=O) groups is 1. The van der Waals surface area contributed by atoms with Crippen LogP contribution in [0.15, 0.2) is 12.1 Å². The van der Waals surface area contributed by atoms with Gasteiger partial charge in [0, 0.05) is 18.0 Å². The van der Waals surface area contributed by atoms with Crippen LogP contribution in [-0.4, -0.2) is 33.0 Å². The van der Waals surface area contributed by atoms with Crippen molar-refractivity contribution in [2.45, 2.75) is 0 Å². The Morgan fingerprint density at radius 2 is 1.89 bits per heavy atom. The minimum absolute atomic E-state index is 0.279. The molecule has 5 nitrogen and oxygen atoms in total. The van der Waals surface area contributed by atoms with Gasteiger partial charge in [-0.25, -0.2) is 22.0 Å². The lowest BCUT2D eigenvalue weighted by Gasteiger charge is -2.07. The smallest absolute Gasteiger partial charge is 0.340 e. The van der Waals surface area contributed by atoms with Gasteiger partial charge in [-0.3, -0.25) is 0 Å². The van der Waals surface area contributed by atoms with E-state index < -0.39 is 27.4 Å². The van der Waals surface area contributed by atoms with Crippen LogP contribution in [-0.2, 0) is 14.6 Å². The van der Waals surface area contributed by atoms with Gasteiger partial charge < -0.3 is 10.5 Å². The van der Waals surface area contributed by atoms with E-state index in [9.17, 15) is 22.0 Å². The molecular formula is C10H11F2NO4S. The highest BCUT2D eigenvalue weighted by Gasteiger charge is 2.16. The number of esters is 1. The number of ether oxygens (including phenoxy) is 1. The van der Waals surface area contributed by atoms with E-state index in [4.69, 9.17) is 5.73 Å². The predicted octanol–water partition coefficient (Wildman–Crippen LogP) is 0.748. The largest absolute Gasteiger partial charge is 0.461 e. The lowest BCUT2D eigenvalue weighted by Crippen LogP contribution is -2.15. The van der Waals surface area contributed by atoms with Crippen LogP contribution in [0.3, 0.4) is 0 Å². The number of hydrogen-bond donors (Lipinski definition) is 1. The first kappa shape index (κ1) is 14.4. The van der Waals surface area contributed by atoms with E-state index >= 15 is 0 Å². The van der Waals surface area contributed by atoms with Gasteiger partial charge in [-0.2, -0.15) is 0 Å². The molecule has 0 radical (unpaired) electrons. The molecule has 0 aliphatic carbocycles. The molecule has 0 aromatic heterocycles. The van der Waals surface area contributed by atoms with Crippen LogP contribution in [0, 0.1) is 11.6 Å². The molecule has 100 valence electrons. The average molecular weight is 279 g/mol. The maximum absolute atomic E-state index is 12.9. The van der Waals surface area contributed by atoms with Crippen LogP contribution < -0.4 is 5.73 Å². The van der Waals surface area contributed by atoms with E-state index in [0.717, 1.165) is 6.26 Å². The van der Waals surface area contributed by atoms with Crippen molar-refractivity contribution in [1.82, 2.24) is 0 Å². The molecule has 0 heterocycles. The summed E-state index contributed by atoms with van der Waals surface area (Å²) in [5.41, 5.74) is 4.70. The molecule has 0 saturated carbocycles. The minimum Gasteiger partial charge on any atom is -0.461 e. The number of nitrogens with two attached hydrogens (primary N) is 1. The highest BCUT2D eigenvalue weighted by molar-refractivity contribution is 7.90. The van der Waals surface area contributed by atoms with Gasteiger partial charge in [0.1, 0.15) is 6.61 Å². The number of sulfone groups is 1. The fourth-order valence-corrected chi connectivity index (χ4v) is 1.49. The topological polar surface area (TPSA) is 86.5 Å². The van der Waals surface area contributed by atoms with E-state index in [1.165, 1.54) is 0 Å². The van der Waals surface area contributed by atoms with E-state index in [1.807, 2.05) is 0 Å². The molecule has 0 amide bonds. The third-order valence-electron chi connectivity index (χ3n) is 2.00. The van der Waals surface area contributed by atoms with Crippen molar-refractivity contribution in [2.75, 3.05) is 24.3 Å². The van der Waals surface area contributed by atoms with E-state index in [2.05, 4.69) is 4.74 Å². The van der Waals surface area contributed by atoms with E-state index in [-0.39, 0.29) is 23.6 Å². The Morgan fingerprint density at radius 3 is 2.44 bits per heavy atom. The van der Waals surface area contributed by atoms with Crippen LogP contribution in [0.2, 0.25) is 0 Å². The second-order valence-corrected chi connectivity index (χ2v) is 5.88. The molecule has 0 spiro atoms. The summed E-state index contributed by atoms with van der Waals surface area (Å²) in [7, 11) is -3.27. The van der Waals surface area contributed by atoms with Crippen molar-refractivity contribution in [3.8, 4) is 0 Å². The summed E-state index contributed by atoms with van der Waals surface area (Å²) in [6.07, 6.45) is 0.979. The van der Waals surface area contributed by atoms with Crippen LogP contribution in [0.25, 0.3) is 0 Å². The van der Waals surface area contributed by atoms with Crippen LogP contribution in [0.4, 0.5) is 14.5 Å². The molecule has 0 saturated heterocycles. The molecule has 0 aliphatic heterocycles. The van der Waals surface area contributed by atoms with Gasteiger partial charge in [-0.05, 0) is 6.07 Å². The summed E-state index contributed by atoms with van der Waals surface area (Å²) < 4.78 is 51.8. The highest BCUT2D eigenvalue weighted by Crippen LogP contribution is 2.17. The first-order chi connectivity index (χ1) is 8.20. The quantitative estimate of drug-likeness (QED) is 0.649. The number of carbonyl (C=O) groups excluding carboxylic acids is 1. The summed E-state index contributed by atoms with van der Waals surface area (Å²) in [4.78, 5) is 11.4. The molecule has 2 N–H and O–H groups in total. The lowest BCUT2D eigenvalue weighted by atomic mass is 10.1. The second-order valence-electron chi connectivity index (χ2n) is 3.62. The second kappa shape index (κ2) is 5.30. The Morgan fingerprint density at radius 1 is 1.33 bits per heavy atom. The van der Waals surface area contributed by atoms with Gasteiger partial charge in [-0.15, -0.1) is 0 Å². The van der Waals surface area contributed by atoms with Gasteiger partial charge in [0.05, 0.1) is 11.3 Å². The molecule has 0 aliphatic rings. The monoisotopic (exact) mass is 279 g/mol. The molecule has 0 bridgehead atoms. The van der Waals surface area contributed by atoms with E-state index in [0.29, 0.717) is 12.1 Å². The summed E-state index contributed by atoms with van der Waals surface area (Å²) in [6, 6.07) is 1.26. The minimum atomic E-state index is -3.27. The standard InChI is InChI=1S/C10H11F2NO4S/c1-18(15,16)3-2-17-10(14)6-4-7(11)8(12)5-9(6)13/h4-5H,2-3,13H2,1H3. The van der Waals surface area contributed by atoms with Crippen LogP contribution in [0.5, 0.6) is 0 Å². The average Bonchev–Trinajstić information content (AvgIpc) is 2.21. The molecular weight excluding hydrogens is 268 g/mol. The zero-order chi connectivity index (χ0) is 13.9. The zero-order valence-electron chi connectivity index (χ0n) is 9.44. The van der Waals surface area contributed by atoms with Gasteiger partial charge >= 0.3 is 5.97 Å². The predicted molar refractivity (Wildman–Crippen MR) is 60.8 cm³/mol. The van der Waals surface area contributed by atoms with Crippen molar-refractivity contribution in [2.24, 2.45) is 0 Å². The highest BCUT2D eigenvalue weighted by atomic mass is 32.2. The van der Waals surface area contributed by atoms with Crippen molar-refractivity contribution >= 4 is 21.5 Å². The number of anilines is 1. The number of halogens is 2. The SMILES string of the molecule is CS(=O)(=O)CCOC(=O)c1cc(F)c(F)cc1N. The molecule has 0 unspecified atom stereocenters. The molecule has 8 heteroatoms. The lowest BCUT2D eigenvalue weighted by molar-refractivity contribution is 0.0530. The Kier molecular flexibility index (Phi) is 4.23. The third-order valence-corrected chi connectivity index (χ3v) is 2.91. The van der Waals surface area contributed by atoms with Gasteiger partial charge in [0.2, 0.25) is 0 Å². The van der Waals surface area contributed by atoms with Gasteiger partial charge in [0.15, 0.2) is 21.5 Å². The summed E-state index contributed by atoms with van der Waals surface area (Å²) in [5, 5.41) is 0. The third kappa shape index (κ3) is 3.95. The van der Waals surface area contributed by atoms with E-state index in [1.54, 1.807) is 0 Å². The molecule has 0 atom stereocenters. The van der Waals surface area contributed by atoms with Gasteiger partial charge in [-0.1, -0.05) is 0 Å². The molecule has 1 aromatic carbocycles. The van der Waals surface area contributed by atoms with Gasteiger partial charge in [0.25, 0.3) is 0 Å². The zero-order valence-corrected chi connectivity index (χ0v) is 10.3. The Hall–Kier alpha value is -1.70. The number of nitrogen functional groups attached to an aromatic ring is 1. The molecule has 1 aromatic rings. The summed E-state index contributed by atoms with van der Waals surface area (Å²) in [5.74, 6) is -3.78. The number of rotatable bonds is 4. The number of benzene rings is 1. The van der Waals surface area contributed by atoms with Crippen molar-refractivity contribution < 1.29 is 26.7 Å². The Labute approximate surface area is 102 Å². The Bertz CT molecular complexity index is 571. The van der Waals surface area contributed by atoms with Crippen molar-refractivity contribution in [1.29, 1.82) is 0 Å². The summed E-state index contributed by atoms with van der Waals surface area (Å²) in [6.45, 7) is -0.379. The number of hydrogen-bond acceptors (Lipinski definition) is 5. The molecule has 0 fully saturated rings. The first-order valence-corrected chi connectivity index (χ1v) is 6.86.